The van der Waals surface area contributed by atoms with Gasteiger partial charge in [-0.2, -0.15) is 5.21 Å². The van der Waals surface area contributed by atoms with Crippen LogP contribution in [-0.4, -0.2) is 20.6 Å². The summed E-state index contributed by atoms with van der Waals surface area (Å²) in [7, 11) is -4.94. The molecule has 86 valence electrons. The number of pyridine rings is 1. The molecule has 0 saturated carbocycles. The van der Waals surface area contributed by atoms with E-state index < -0.39 is 10.2 Å². The molecule has 9 nitrogen and oxygen atoms in total. The lowest BCUT2D eigenvalue weighted by molar-refractivity contribution is -2.00. The van der Waals surface area contributed by atoms with Gasteiger partial charge in [-0.3, -0.25) is 0 Å². The summed E-state index contributed by atoms with van der Waals surface area (Å²) < 4.78 is 34.0. The number of H-pyrrole nitrogens is 2. The fourth-order valence-electron chi connectivity index (χ4n) is 0.820. The van der Waals surface area contributed by atoms with Crippen molar-refractivity contribution in [2.24, 2.45) is 0 Å². The first-order valence-electron chi connectivity index (χ1n) is 3.78. The second kappa shape index (κ2) is 5.44. The Morgan fingerprint density at radius 2 is 1.69 bits per heavy atom. The van der Waals surface area contributed by atoms with E-state index in [0.29, 0.717) is 5.82 Å². The molecule has 0 unspecified atom stereocenters. The molecule has 0 radical (unpaired) electrons. The highest BCUT2D eigenvalue weighted by Gasteiger charge is 2.00. The van der Waals surface area contributed by atoms with Crippen LogP contribution in [0.25, 0.3) is 11.4 Å². The average molecular weight is 248 g/mol. The molecule has 0 bridgehead atoms. The maximum Gasteiger partial charge on any atom is 0.205 e. The van der Waals surface area contributed by atoms with Crippen LogP contribution < -0.4 is 23.6 Å². The molecule has 0 aliphatic heterocycles. The highest BCUT2D eigenvalue weighted by Crippen LogP contribution is 2.08. The summed E-state index contributed by atoms with van der Waals surface area (Å²) in [6.45, 7) is 0. The second-order valence-corrected chi connectivity index (χ2v) is 3.16. The predicted molar refractivity (Wildman–Crippen MR) is 36.2 cm³/mol. The van der Waals surface area contributed by atoms with E-state index in [9.17, 15) is 0 Å². The summed E-state index contributed by atoms with van der Waals surface area (Å²) in [4.78, 5) is 2.91. The van der Waals surface area contributed by atoms with Gasteiger partial charge in [-0.1, -0.05) is 0 Å². The molecule has 0 aliphatic carbocycles. The predicted octanol–water partition coefficient (Wildman–Crippen LogP) is -5.08. The number of nitrogens with zero attached hydrogens (tertiary/aromatic N) is 3. The Bertz CT molecular complexity index is 397. The minimum absolute atomic E-state index is 0.610. The zero-order chi connectivity index (χ0) is 12.0. The molecule has 0 atom stereocenters. The monoisotopic (exact) mass is 247 g/mol. The Kier molecular flexibility index (Phi) is 4.22. The molecule has 2 aromatic heterocycles. The molecular weight excluding hydrogens is 242 g/mol. The number of aromatic nitrogens is 5. The van der Waals surface area contributed by atoms with E-state index in [1.165, 1.54) is 0 Å². The lowest BCUT2D eigenvalue weighted by Crippen LogP contribution is -2.68. The Labute approximate surface area is 91.1 Å². The largest absolute Gasteiger partial charge is 0.222 e. The van der Waals surface area contributed by atoms with Gasteiger partial charge in [-0.15, -0.1) is 20.4 Å². The van der Waals surface area contributed by atoms with Crippen LogP contribution in [0, 0.1) is 10.2 Å². The van der Waals surface area contributed by atoms with E-state index >= 15 is 0 Å². The van der Waals surface area contributed by atoms with Crippen molar-refractivity contribution in [2.45, 2.75) is 0 Å². The van der Waals surface area contributed by atoms with E-state index in [4.69, 9.17) is 18.6 Å². The normalized spacial score (nSPS) is 10.5. The Hall–Kier alpha value is -1.65. The van der Waals surface area contributed by atoms with Crippen LogP contribution in [0.1, 0.15) is 0 Å². The Balaban J connectivity index is 0.000000221. The number of tetrazole rings is 1. The third-order valence-corrected chi connectivity index (χ3v) is 1.32. The minimum atomic E-state index is -4.94. The number of halogens is 1. The maximum atomic E-state index is 8.49. The van der Waals surface area contributed by atoms with Crippen LogP contribution in [0.4, 0.5) is 0 Å². The molecule has 2 aromatic rings. The fourth-order valence-corrected chi connectivity index (χ4v) is 0.820. The molecule has 0 spiro atoms. The SMILES string of the molecule is [O-][Cl+3]([O-])([O-])[O-].c1cc(-c2nn[nH]n2)cc[nH+]1. The van der Waals surface area contributed by atoms with Crippen molar-refractivity contribution < 1.29 is 33.9 Å². The molecule has 0 amide bonds. The van der Waals surface area contributed by atoms with Crippen molar-refractivity contribution >= 4 is 0 Å². The Morgan fingerprint density at radius 3 is 2.12 bits per heavy atom. The topological polar surface area (TPSA) is 161 Å². The maximum absolute atomic E-state index is 8.49. The first-order valence-corrected chi connectivity index (χ1v) is 5.02. The van der Waals surface area contributed by atoms with Gasteiger partial charge in [0.2, 0.25) is 5.82 Å². The first-order chi connectivity index (χ1) is 7.47. The molecule has 0 aromatic carbocycles. The third kappa shape index (κ3) is 5.29. The van der Waals surface area contributed by atoms with Crippen molar-refractivity contribution in [3.05, 3.63) is 24.5 Å². The lowest BCUT2D eigenvalue weighted by atomic mass is 10.3. The standard InChI is InChI=1S/C6H5N5.ClHO4/c1-3-7-4-2-5(1)6-8-10-11-9-6;2-1(3,4)5/h1-4H,(H,8,9,10,11);(H,2,3,4,5). The quantitative estimate of drug-likeness (QED) is 0.527. The number of rotatable bonds is 1. The van der Waals surface area contributed by atoms with Crippen molar-refractivity contribution in [3.63, 3.8) is 0 Å². The van der Waals surface area contributed by atoms with Gasteiger partial charge in [0.25, 0.3) is 0 Å². The van der Waals surface area contributed by atoms with Crippen molar-refractivity contribution in [2.75, 3.05) is 0 Å². The highest BCUT2D eigenvalue weighted by molar-refractivity contribution is 5.51. The lowest BCUT2D eigenvalue weighted by Gasteiger charge is -2.17. The first kappa shape index (κ1) is 12.4. The molecule has 2 heterocycles. The molecule has 2 rings (SSSR count). The van der Waals surface area contributed by atoms with Crippen LogP contribution in [0.2, 0.25) is 0 Å². The minimum Gasteiger partial charge on any atom is -0.222 e. The summed E-state index contributed by atoms with van der Waals surface area (Å²) in [5, 5.41) is 13.5. The van der Waals surface area contributed by atoms with Crippen LogP contribution >= 0.6 is 0 Å². The molecule has 0 aliphatic rings. The smallest absolute Gasteiger partial charge is 0.205 e. The summed E-state index contributed by atoms with van der Waals surface area (Å²) in [6, 6.07) is 3.76. The summed E-state index contributed by atoms with van der Waals surface area (Å²) in [5.74, 6) is 0.610. The van der Waals surface area contributed by atoms with Crippen molar-refractivity contribution in [3.8, 4) is 11.4 Å². The zero-order valence-electron chi connectivity index (χ0n) is 7.66. The van der Waals surface area contributed by atoms with E-state index in [-0.39, 0.29) is 0 Å². The molecule has 16 heavy (non-hydrogen) atoms. The van der Waals surface area contributed by atoms with Crippen LogP contribution in [-0.2, 0) is 0 Å². The number of aromatic amines is 2. The van der Waals surface area contributed by atoms with Crippen LogP contribution in [0.5, 0.6) is 0 Å². The molecular formula is C6H6ClN5O4. The molecule has 0 fully saturated rings. The van der Waals surface area contributed by atoms with E-state index in [1.54, 1.807) is 0 Å². The van der Waals surface area contributed by atoms with Gasteiger partial charge in [0.1, 0.15) is 0 Å². The summed E-state index contributed by atoms with van der Waals surface area (Å²) in [6.07, 6.45) is 3.62. The van der Waals surface area contributed by atoms with Crippen LogP contribution in [0.3, 0.4) is 0 Å². The number of hydrogen-bond acceptors (Lipinski definition) is 7. The average Bonchev–Trinajstić information content (AvgIpc) is 2.69. The summed E-state index contributed by atoms with van der Waals surface area (Å²) in [5.41, 5.74) is 0.942. The van der Waals surface area contributed by atoms with E-state index in [0.717, 1.165) is 5.56 Å². The highest BCUT2D eigenvalue weighted by atomic mass is 35.7. The zero-order valence-corrected chi connectivity index (χ0v) is 8.42. The summed E-state index contributed by atoms with van der Waals surface area (Å²) >= 11 is 0. The van der Waals surface area contributed by atoms with Gasteiger partial charge in [0, 0.05) is 17.7 Å². The number of hydrogen-bond donors (Lipinski definition) is 1. The molecule has 0 saturated heterocycles. The van der Waals surface area contributed by atoms with Gasteiger partial charge in [-0.05, 0) is 5.21 Å². The number of nitrogens with one attached hydrogen (secondary N) is 2. The van der Waals surface area contributed by atoms with E-state index in [2.05, 4.69) is 25.6 Å². The molecule has 10 heteroatoms. The van der Waals surface area contributed by atoms with Gasteiger partial charge in [0.05, 0.1) is 0 Å². The van der Waals surface area contributed by atoms with Gasteiger partial charge in [-0.25, -0.2) is 23.6 Å². The van der Waals surface area contributed by atoms with Gasteiger partial charge < -0.3 is 0 Å². The fraction of sp³-hybridized carbons (Fsp3) is 0. The van der Waals surface area contributed by atoms with Crippen molar-refractivity contribution in [1.82, 2.24) is 20.6 Å². The van der Waals surface area contributed by atoms with Gasteiger partial charge >= 0.3 is 0 Å². The second-order valence-electron chi connectivity index (χ2n) is 2.40. The molecule has 2 N–H and O–H groups in total. The van der Waals surface area contributed by atoms with Crippen molar-refractivity contribution in [1.29, 1.82) is 0 Å². The van der Waals surface area contributed by atoms with E-state index in [1.807, 2.05) is 24.5 Å². The Morgan fingerprint density at radius 1 is 1.12 bits per heavy atom. The third-order valence-electron chi connectivity index (χ3n) is 1.32. The van der Waals surface area contributed by atoms with Gasteiger partial charge in [0.15, 0.2) is 12.4 Å². The van der Waals surface area contributed by atoms with Crippen LogP contribution in [0.15, 0.2) is 24.5 Å².